The van der Waals surface area contributed by atoms with E-state index in [1.807, 2.05) is 49.5 Å². The van der Waals surface area contributed by atoms with Crippen LogP contribution in [0.5, 0.6) is 11.7 Å². The first-order valence-corrected chi connectivity index (χ1v) is 7.49. The minimum Gasteiger partial charge on any atom is -0.429 e. The van der Waals surface area contributed by atoms with Gasteiger partial charge in [-0.3, -0.25) is 4.79 Å². The van der Waals surface area contributed by atoms with E-state index in [1.54, 1.807) is 4.90 Å². The summed E-state index contributed by atoms with van der Waals surface area (Å²) in [6.45, 7) is 1.37. The number of benzene rings is 1. The van der Waals surface area contributed by atoms with E-state index in [-0.39, 0.29) is 5.91 Å². The summed E-state index contributed by atoms with van der Waals surface area (Å²) in [7, 11) is 1.84. The fourth-order valence-electron chi connectivity index (χ4n) is 2.54. The van der Waals surface area contributed by atoms with E-state index in [4.69, 9.17) is 9.15 Å². The summed E-state index contributed by atoms with van der Waals surface area (Å²) >= 11 is 0. The molecular weight excluding hydrogens is 280 g/mol. The third-order valence-electron chi connectivity index (χ3n) is 3.79. The Labute approximate surface area is 129 Å². The second-order valence-electron chi connectivity index (χ2n) is 5.53. The van der Waals surface area contributed by atoms with Gasteiger partial charge in [0.2, 0.25) is 5.91 Å². The Morgan fingerprint density at radius 2 is 2.09 bits per heavy atom. The Hall–Kier alpha value is -2.27. The lowest BCUT2D eigenvalue weighted by Gasteiger charge is -2.30. The number of hydrogen-bond donors (Lipinski definition) is 1. The zero-order chi connectivity index (χ0) is 15.4. The van der Waals surface area contributed by atoms with Crippen LogP contribution in [-0.2, 0) is 11.3 Å². The standard InChI is InChI=1S/C17H20N2O3/c1-19-12-13(7-9-16(19)20)18-11-15-8-10-17(22-15)21-14-5-3-2-4-6-14/h2-6,8,10,13,18H,7,9,11-12H2,1H3. The maximum Gasteiger partial charge on any atom is 0.290 e. The van der Waals surface area contributed by atoms with Crippen molar-refractivity contribution in [3.05, 3.63) is 48.2 Å². The van der Waals surface area contributed by atoms with Gasteiger partial charge in [-0.15, -0.1) is 0 Å². The SMILES string of the molecule is CN1CC(NCc2ccc(Oc3ccccc3)o2)CCC1=O. The number of piperidine rings is 1. The molecule has 1 unspecified atom stereocenters. The molecule has 0 saturated carbocycles. The van der Waals surface area contributed by atoms with E-state index in [2.05, 4.69) is 5.32 Å². The van der Waals surface area contributed by atoms with Crippen LogP contribution in [0.2, 0.25) is 0 Å². The largest absolute Gasteiger partial charge is 0.429 e. The highest BCUT2D eigenvalue weighted by Crippen LogP contribution is 2.23. The second kappa shape index (κ2) is 6.66. The van der Waals surface area contributed by atoms with Crippen molar-refractivity contribution in [2.24, 2.45) is 0 Å². The monoisotopic (exact) mass is 300 g/mol. The van der Waals surface area contributed by atoms with Crippen LogP contribution in [0.25, 0.3) is 0 Å². The third kappa shape index (κ3) is 3.68. The normalized spacial score (nSPS) is 18.5. The van der Waals surface area contributed by atoms with Crippen LogP contribution >= 0.6 is 0 Å². The molecule has 1 fully saturated rings. The molecule has 1 atom stereocenters. The van der Waals surface area contributed by atoms with Gasteiger partial charge in [0.05, 0.1) is 6.54 Å². The quantitative estimate of drug-likeness (QED) is 0.922. The Bertz CT molecular complexity index is 624. The number of carbonyl (C=O) groups is 1. The number of rotatable bonds is 5. The van der Waals surface area contributed by atoms with E-state index in [0.717, 1.165) is 24.5 Å². The lowest BCUT2D eigenvalue weighted by molar-refractivity contribution is -0.132. The summed E-state index contributed by atoms with van der Waals surface area (Å²) in [5.74, 6) is 2.28. The van der Waals surface area contributed by atoms with E-state index in [9.17, 15) is 4.79 Å². The zero-order valence-electron chi connectivity index (χ0n) is 12.6. The predicted molar refractivity (Wildman–Crippen MR) is 82.7 cm³/mol. The van der Waals surface area contributed by atoms with E-state index >= 15 is 0 Å². The van der Waals surface area contributed by atoms with Crippen molar-refractivity contribution >= 4 is 5.91 Å². The molecule has 2 aromatic rings. The van der Waals surface area contributed by atoms with Crippen LogP contribution in [0.1, 0.15) is 18.6 Å². The molecule has 0 spiro atoms. The minimum absolute atomic E-state index is 0.217. The number of ether oxygens (including phenoxy) is 1. The molecule has 2 heterocycles. The first-order valence-electron chi connectivity index (χ1n) is 7.49. The van der Waals surface area contributed by atoms with Crippen LogP contribution in [0.3, 0.4) is 0 Å². The average Bonchev–Trinajstić information content (AvgIpc) is 2.97. The Morgan fingerprint density at radius 1 is 1.27 bits per heavy atom. The van der Waals surface area contributed by atoms with Crippen LogP contribution in [0.15, 0.2) is 46.9 Å². The minimum atomic E-state index is 0.217. The van der Waals surface area contributed by atoms with Gasteiger partial charge in [0.25, 0.3) is 5.95 Å². The number of amides is 1. The molecule has 22 heavy (non-hydrogen) atoms. The van der Waals surface area contributed by atoms with E-state index in [0.29, 0.717) is 25.0 Å². The highest BCUT2D eigenvalue weighted by atomic mass is 16.6. The van der Waals surface area contributed by atoms with Crippen molar-refractivity contribution < 1.29 is 13.9 Å². The summed E-state index contributed by atoms with van der Waals surface area (Å²) in [6.07, 6.45) is 1.48. The number of likely N-dealkylation sites (N-methyl/N-ethyl adjacent to an activating group) is 1. The van der Waals surface area contributed by atoms with Crippen LogP contribution in [-0.4, -0.2) is 30.4 Å². The topological polar surface area (TPSA) is 54.7 Å². The fraction of sp³-hybridized carbons (Fsp3) is 0.353. The number of para-hydroxylation sites is 1. The molecule has 1 aliphatic heterocycles. The van der Waals surface area contributed by atoms with Crippen LogP contribution < -0.4 is 10.1 Å². The van der Waals surface area contributed by atoms with Gasteiger partial charge >= 0.3 is 0 Å². The lowest BCUT2D eigenvalue weighted by atomic mass is 10.1. The maximum absolute atomic E-state index is 11.5. The van der Waals surface area contributed by atoms with E-state index < -0.39 is 0 Å². The highest BCUT2D eigenvalue weighted by molar-refractivity contribution is 5.76. The van der Waals surface area contributed by atoms with Gasteiger partial charge in [-0.1, -0.05) is 18.2 Å². The van der Waals surface area contributed by atoms with Gasteiger partial charge in [-0.2, -0.15) is 0 Å². The number of likely N-dealkylation sites (tertiary alicyclic amines) is 1. The van der Waals surface area contributed by atoms with Gasteiger partial charge in [0, 0.05) is 32.1 Å². The fourth-order valence-corrected chi connectivity index (χ4v) is 2.54. The zero-order valence-corrected chi connectivity index (χ0v) is 12.6. The molecule has 1 aromatic heterocycles. The van der Waals surface area contributed by atoms with Crippen molar-refractivity contribution in [3.63, 3.8) is 0 Å². The molecule has 5 heteroatoms. The van der Waals surface area contributed by atoms with Crippen molar-refractivity contribution in [3.8, 4) is 11.7 Å². The Balaban J connectivity index is 1.51. The van der Waals surface area contributed by atoms with Crippen LogP contribution in [0.4, 0.5) is 0 Å². The van der Waals surface area contributed by atoms with Gasteiger partial charge in [-0.05, 0) is 24.6 Å². The molecule has 1 aromatic carbocycles. The van der Waals surface area contributed by atoms with Crippen molar-refractivity contribution in [1.82, 2.24) is 10.2 Å². The highest BCUT2D eigenvalue weighted by Gasteiger charge is 2.22. The average molecular weight is 300 g/mol. The van der Waals surface area contributed by atoms with Gasteiger partial charge in [0.15, 0.2) is 0 Å². The molecule has 1 saturated heterocycles. The van der Waals surface area contributed by atoms with Crippen LogP contribution in [0, 0.1) is 0 Å². The summed E-state index contributed by atoms with van der Waals surface area (Å²) in [6, 6.07) is 13.6. The van der Waals surface area contributed by atoms with Gasteiger partial charge < -0.3 is 19.4 Å². The molecule has 1 N–H and O–H groups in total. The Kier molecular flexibility index (Phi) is 4.44. The Morgan fingerprint density at radius 3 is 2.86 bits per heavy atom. The number of furan rings is 1. The summed E-state index contributed by atoms with van der Waals surface area (Å²) < 4.78 is 11.3. The molecule has 0 radical (unpaired) electrons. The van der Waals surface area contributed by atoms with Crippen molar-refractivity contribution in [1.29, 1.82) is 0 Å². The number of carbonyl (C=O) groups excluding carboxylic acids is 1. The number of hydrogen-bond acceptors (Lipinski definition) is 4. The smallest absolute Gasteiger partial charge is 0.290 e. The molecule has 0 bridgehead atoms. The number of nitrogens with zero attached hydrogens (tertiary/aromatic N) is 1. The molecule has 0 aliphatic carbocycles. The molecule has 116 valence electrons. The van der Waals surface area contributed by atoms with Gasteiger partial charge in [0.1, 0.15) is 11.5 Å². The summed E-state index contributed by atoms with van der Waals surface area (Å²) in [5.41, 5.74) is 0. The lowest BCUT2D eigenvalue weighted by Crippen LogP contribution is -2.46. The van der Waals surface area contributed by atoms with Gasteiger partial charge in [-0.25, -0.2) is 0 Å². The second-order valence-corrected chi connectivity index (χ2v) is 5.53. The van der Waals surface area contributed by atoms with Crippen molar-refractivity contribution in [2.45, 2.75) is 25.4 Å². The first-order chi connectivity index (χ1) is 10.7. The predicted octanol–water partition coefficient (Wildman–Crippen LogP) is 2.78. The molecular formula is C17H20N2O3. The van der Waals surface area contributed by atoms with E-state index in [1.165, 1.54) is 0 Å². The molecule has 3 rings (SSSR count). The first kappa shape index (κ1) is 14.7. The molecule has 1 aliphatic rings. The maximum atomic E-state index is 11.5. The molecule has 5 nitrogen and oxygen atoms in total. The summed E-state index contributed by atoms with van der Waals surface area (Å²) in [4.78, 5) is 13.2. The third-order valence-corrected chi connectivity index (χ3v) is 3.79. The summed E-state index contributed by atoms with van der Waals surface area (Å²) in [5, 5.41) is 3.42. The number of nitrogens with one attached hydrogen (secondary N) is 1. The molecule has 1 amide bonds. The van der Waals surface area contributed by atoms with Crippen molar-refractivity contribution in [2.75, 3.05) is 13.6 Å².